The molecule has 0 radical (unpaired) electrons. The Bertz CT molecular complexity index is 380. The fraction of sp³-hybridized carbons (Fsp3) is 0.692. The van der Waals surface area contributed by atoms with E-state index in [0.717, 1.165) is 12.8 Å². The third-order valence-corrected chi connectivity index (χ3v) is 3.44. The van der Waals surface area contributed by atoms with Gasteiger partial charge in [-0.25, -0.2) is 0 Å². The van der Waals surface area contributed by atoms with Crippen LogP contribution in [-0.2, 0) is 11.3 Å². The minimum Gasteiger partial charge on any atom is -0.382 e. The van der Waals surface area contributed by atoms with Gasteiger partial charge in [0.2, 0.25) is 5.91 Å². The van der Waals surface area contributed by atoms with Crippen LogP contribution in [-0.4, -0.2) is 21.7 Å². The second kappa shape index (κ2) is 6.42. The molecule has 0 bridgehead atoms. The second-order valence-electron chi connectivity index (χ2n) is 5.05. The predicted octanol–water partition coefficient (Wildman–Crippen LogP) is 1.69. The Morgan fingerprint density at radius 2 is 2.00 bits per heavy atom. The summed E-state index contributed by atoms with van der Waals surface area (Å²) in [5.74, 6) is 0.484. The smallest absolute Gasteiger partial charge is 0.241 e. The molecule has 1 aliphatic carbocycles. The molecule has 1 amide bonds. The zero-order valence-corrected chi connectivity index (χ0v) is 10.8. The van der Waals surface area contributed by atoms with Crippen molar-refractivity contribution in [2.75, 3.05) is 5.73 Å². The number of anilines is 1. The van der Waals surface area contributed by atoms with Gasteiger partial charge < -0.3 is 11.1 Å². The van der Waals surface area contributed by atoms with E-state index >= 15 is 0 Å². The summed E-state index contributed by atoms with van der Waals surface area (Å²) < 4.78 is 1.58. The molecule has 1 fully saturated rings. The molecule has 0 aromatic carbocycles. The van der Waals surface area contributed by atoms with Gasteiger partial charge in [0.25, 0.3) is 0 Å². The maximum atomic E-state index is 11.9. The quantitative estimate of drug-likeness (QED) is 0.857. The lowest BCUT2D eigenvalue weighted by atomic mass is 9.97. The van der Waals surface area contributed by atoms with E-state index in [9.17, 15) is 4.79 Å². The molecule has 1 saturated carbocycles. The summed E-state index contributed by atoms with van der Waals surface area (Å²) in [7, 11) is 0. The van der Waals surface area contributed by atoms with Gasteiger partial charge in [-0.2, -0.15) is 5.10 Å². The Balaban J connectivity index is 1.78. The van der Waals surface area contributed by atoms with Gasteiger partial charge in [-0.3, -0.25) is 9.48 Å². The first kappa shape index (κ1) is 12.9. The summed E-state index contributed by atoms with van der Waals surface area (Å²) in [5, 5.41) is 7.11. The van der Waals surface area contributed by atoms with E-state index in [0.29, 0.717) is 11.9 Å². The molecule has 0 atom stereocenters. The van der Waals surface area contributed by atoms with E-state index in [1.54, 1.807) is 16.9 Å². The number of nitrogens with one attached hydrogen (secondary N) is 1. The molecule has 1 aliphatic rings. The topological polar surface area (TPSA) is 72.9 Å². The van der Waals surface area contributed by atoms with E-state index in [-0.39, 0.29) is 12.5 Å². The number of nitrogen functional groups attached to an aromatic ring is 1. The van der Waals surface area contributed by atoms with Crippen LogP contribution < -0.4 is 11.1 Å². The lowest BCUT2D eigenvalue weighted by Gasteiger charge is -2.20. The molecule has 1 aromatic rings. The van der Waals surface area contributed by atoms with Gasteiger partial charge in [0, 0.05) is 12.2 Å². The predicted molar refractivity (Wildman–Crippen MR) is 70.9 cm³/mol. The van der Waals surface area contributed by atoms with Gasteiger partial charge in [0.1, 0.15) is 12.4 Å². The summed E-state index contributed by atoms with van der Waals surface area (Å²) in [6.07, 6.45) is 10.3. The highest BCUT2D eigenvalue weighted by atomic mass is 16.2. The van der Waals surface area contributed by atoms with Crippen molar-refractivity contribution in [2.45, 2.75) is 57.5 Å². The van der Waals surface area contributed by atoms with Crippen LogP contribution in [0.2, 0.25) is 0 Å². The summed E-state index contributed by atoms with van der Waals surface area (Å²) in [6.45, 7) is 0.258. The third kappa shape index (κ3) is 4.05. The fourth-order valence-corrected chi connectivity index (χ4v) is 2.49. The minimum absolute atomic E-state index is 0.0312. The molecular weight excluding hydrogens is 228 g/mol. The van der Waals surface area contributed by atoms with Gasteiger partial charge >= 0.3 is 0 Å². The molecule has 1 aromatic heterocycles. The largest absolute Gasteiger partial charge is 0.382 e. The molecule has 2 rings (SSSR count). The highest BCUT2D eigenvalue weighted by molar-refractivity contribution is 5.76. The molecule has 100 valence electrons. The van der Waals surface area contributed by atoms with E-state index in [1.807, 2.05) is 0 Å². The summed E-state index contributed by atoms with van der Waals surface area (Å²) in [5.41, 5.74) is 5.51. The zero-order valence-electron chi connectivity index (χ0n) is 10.8. The number of carbonyl (C=O) groups excluding carboxylic acids is 1. The van der Waals surface area contributed by atoms with Crippen molar-refractivity contribution >= 4 is 11.7 Å². The standard InChI is InChI=1S/C13H22N4O/c14-12-8-9-17(16-12)10-13(18)15-11-6-4-2-1-3-5-7-11/h8-9,11H,1-7,10H2,(H2,14,16)(H,15,18). The second-order valence-corrected chi connectivity index (χ2v) is 5.05. The maximum Gasteiger partial charge on any atom is 0.241 e. The number of carbonyl (C=O) groups is 1. The average molecular weight is 250 g/mol. The minimum atomic E-state index is 0.0312. The van der Waals surface area contributed by atoms with Crippen molar-refractivity contribution < 1.29 is 4.79 Å². The van der Waals surface area contributed by atoms with E-state index in [2.05, 4.69) is 10.4 Å². The first-order valence-corrected chi connectivity index (χ1v) is 6.82. The third-order valence-electron chi connectivity index (χ3n) is 3.44. The molecular formula is C13H22N4O. The molecule has 18 heavy (non-hydrogen) atoms. The van der Waals surface area contributed by atoms with Crippen LogP contribution in [0.25, 0.3) is 0 Å². The van der Waals surface area contributed by atoms with Crippen LogP contribution in [0.3, 0.4) is 0 Å². The highest BCUT2D eigenvalue weighted by Gasteiger charge is 2.14. The normalized spacial score (nSPS) is 18.0. The number of aromatic nitrogens is 2. The van der Waals surface area contributed by atoms with E-state index in [1.165, 1.54) is 32.1 Å². The summed E-state index contributed by atoms with van der Waals surface area (Å²) in [6, 6.07) is 2.04. The Labute approximate surface area is 108 Å². The molecule has 0 spiro atoms. The molecule has 0 unspecified atom stereocenters. The van der Waals surface area contributed by atoms with Gasteiger partial charge in [-0.15, -0.1) is 0 Å². The van der Waals surface area contributed by atoms with Crippen molar-refractivity contribution in [3.63, 3.8) is 0 Å². The molecule has 1 heterocycles. The molecule has 0 saturated heterocycles. The summed E-state index contributed by atoms with van der Waals surface area (Å²) in [4.78, 5) is 11.9. The number of nitrogens with zero attached hydrogens (tertiary/aromatic N) is 2. The highest BCUT2D eigenvalue weighted by Crippen LogP contribution is 2.17. The van der Waals surface area contributed by atoms with Crippen LogP contribution in [0.5, 0.6) is 0 Å². The monoisotopic (exact) mass is 250 g/mol. The van der Waals surface area contributed by atoms with E-state index in [4.69, 9.17) is 5.73 Å². The van der Waals surface area contributed by atoms with Crippen LogP contribution in [0.1, 0.15) is 44.9 Å². The molecule has 3 N–H and O–H groups in total. The Morgan fingerprint density at radius 1 is 1.33 bits per heavy atom. The number of hydrogen-bond acceptors (Lipinski definition) is 3. The first-order chi connectivity index (χ1) is 8.74. The maximum absolute atomic E-state index is 11.9. The first-order valence-electron chi connectivity index (χ1n) is 6.82. The van der Waals surface area contributed by atoms with Crippen LogP contribution in [0, 0.1) is 0 Å². The van der Waals surface area contributed by atoms with Crippen molar-refractivity contribution in [1.82, 2.24) is 15.1 Å². The van der Waals surface area contributed by atoms with E-state index < -0.39 is 0 Å². The molecule has 5 heteroatoms. The van der Waals surface area contributed by atoms with Gasteiger partial charge in [0.15, 0.2) is 0 Å². The van der Waals surface area contributed by atoms with Crippen molar-refractivity contribution in [3.05, 3.63) is 12.3 Å². The van der Waals surface area contributed by atoms with Crippen molar-refractivity contribution in [3.8, 4) is 0 Å². The molecule has 0 aliphatic heterocycles. The van der Waals surface area contributed by atoms with Gasteiger partial charge in [-0.05, 0) is 18.9 Å². The lowest BCUT2D eigenvalue weighted by Crippen LogP contribution is -2.37. The van der Waals surface area contributed by atoms with Gasteiger partial charge in [0.05, 0.1) is 0 Å². The fourth-order valence-electron chi connectivity index (χ4n) is 2.49. The Morgan fingerprint density at radius 3 is 2.61 bits per heavy atom. The van der Waals surface area contributed by atoms with Crippen molar-refractivity contribution in [1.29, 1.82) is 0 Å². The Hall–Kier alpha value is -1.52. The number of rotatable bonds is 3. The SMILES string of the molecule is Nc1ccn(CC(=O)NC2CCCCCCC2)n1. The number of hydrogen-bond donors (Lipinski definition) is 2. The molecule has 5 nitrogen and oxygen atoms in total. The summed E-state index contributed by atoms with van der Waals surface area (Å²) >= 11 is 0. The number of nitrogens with two attached hydrogens (primary N) is 1. The van der Waals surface area contributed by atoms with Crippen LogP contribution in [0.4, 0.5) is 5.82 Å². The van der Waals surface area contributed by atoms with Gasteiger partial charge in [-0.1, -0.05) is 32.1 Å². The average Bonchev–Trinajstić information content (AvgIpc) is 2.67. The van der Waals surface area contributed by atoms with Crippen LogP contribution >= 0.6 is 0 Å². The van der Waals surface area contributed by atoms with Crippen molar-refractivity contribution in [2.24, 2.45) is 0 Å². The zero-order chi connectivity index (χ0) is 12.8. The number of amides is 1. The lowest BCUT2D eigenvalue weighted by molar-refractivity contribution is -0.122. The van der Waals surface area contributed by atoms with Crippen LogP contribution in [0.15, 0.2) is 12.3 Å². The Kier molecular flexibility index (Phi) is 4.61.